The number of benzene rings is 10. The Hall–Kier alpha value is -8.20. The van der Waals surface area contributed by atoms with E-state index in [4.69, 9.17) is 0 Å². The highest BCUT2D eigenvalue weighted by atomic mass is 15.1. The van der Waals surface area contributed by atoms with Crippen LogP contribution in [0.4, 0.5) is 17.1 Å². The molecule has 290 valence electrons. The molecule has 0 saturated heterocycles. The predicted octanol–water partition coefficient (Wildman–Crippen LogP) is 16.7. The van der Waals surface area contributed by atoms with Gasteiger partial charge in [-0.25, -0.2) is 0 Å². The van der Waals surface area contributed by atoms with Gasteiger partial charge in [-0.15, -0.1) is 0 Å². The second kappa shape index (κ2) is 14.8. The fourth-order valence-electron chi connectivity index (χ4n) is 9.69. The number of fused-ring (bicyclic) bond motifs is 7. The van der Waals surface area contributed by atoms with Crippen LogP contribution in [0, 0.1) is 0 Å². The molecule has 12 rings (SSSR count). The van der Waals surface area contributed by atoms with Gasteiger partial charge in [0.15, 0.2) is 0 Å². The lowest BCUT2D eigenvalue weighted by Crippen LogP contribution is -2.09. The van der Waals surface area contributed by atoms with Crippen molar-refractivity contribution >= 4 is 65.9 Å². The van der Waals surface area contributed by atoms with Crippen LogP contribution in [-0.4, -0.2) is 4.40 Å². The molecule has 0 saturated carbocycles. The molecule has 0 unspecified atom stereocenters. The summed E-state index contributed by atoms with van der Waals surface area (Å²) in [7, 11) is 0. The summed E-state index contributed by atoms with van der Waals surface area (Å²) in [6, 6.07) is 88.4. The number of hydrogen-bond acceptors (Lipinski definition) is 1. The molecule has 0 N–H and O–H groups in total. The minimum atomic E-state index is 1.09. The molecule has 2 aromatic heterocycles. The normalized spacial score (nSPS) is 11.5. The second-order valence-corrected chi connectivity index (χ2v) is 16.1. The number of aromatic nitrogens is 1. The van der Waals surface area contributed by atoms with Crippen molar-refractivity contribution < 1.29 is 0 Å². The first-order valence-electron chi connectivity index (χ1n) is 21.3. The van der Waals surface area contributed by atoms with Gasteiger partial charge < -0.3 is 9.30 Å². The number of para-hydroxylation sites is 1. The van der Waals surface area contributed by atoms with Crippen molar-refractivity contribution in [1.29, 1.82) is 0 Å². The Balaban J connectivity index is 0.994. The summed E-state index contributed by atoms with van der Waals surface area (Å²) in [5.41, 5.74) is 16.6. The summed E-state index contributed by atoms with van der Waals surface area (Å²) in [5, 5.41) is 7.49. The SMILES string of the molecule is c1ccc(-c2c3c(-c4ccc(N(c5ccc(-c6cccc7ccccc67)cc5)c5ccc(-c6cccc7ccccc67)cc5)cc4)cccc3n3c2ccc2ccccc23)cc1. The molecule has 10 aromatic carbocycles. The van der Waals surface area contributed by atoms with Gasteiger partial charge >= 0.3 is 0 Å². The molecule has 0 aliphatic heterocycles. The van der Waals surface area contributed by atoms with Crippen molar-refractivity contribution in [2.24, 2.45) is 0 Å². The Bertz CT molecular complexity index is 3470. The van der Waals surface area contributed by atoms with Gasteiger partial charge in [0.1, 0.15) is 0 Å². The van der Waals surface area contributed by atoms with Crippen molar-refractivity contribution in [3.63, 3.8) is 0 Å². The van der Waals surface area contributed by atoms with Crippen LogP contribution in [0.2, 0.25) is 0 Å². The highest BCUT2D eigenvalue weighted by molar-refractivity contribution is 6.14. The van der Waals surface area contributed by atoms with Crippen molar-refractivity contribution in [1.82, 2.24) is 4.40 Å². The average molecular weight is 789 g/mol. The Labute approximate surface area is 360 Å². The number of nitrogens with zero attached hydrogens (tertiary/aromatic N) is 2. The zero-order chi connectivity index (χ0) is 41.0. The van der Waals surface area contributed by atoms with Crippen molar-refractivity contribution in [2.75, 3.05) is 4.90 Å². The van der Waals surface area contributed by atoms with Gasteiger partial charge in [0.25, 0.3) is 0 Å². The van der Waals surface area contributed by atoms with Crippen LogP contribution in [0.15, 0.2) is 243 Å². The average Bonchev–Trinajstić information content (AvgIpc) is 3.70. The van der Waals surface area contributed by atoms with Crippen molar-refractivity contribution in [3.05, 3.63) is 243 Å². The molecule has 0 fully saturated rings. The molecule has 62 heavy (non-hydrogen) atoms. The van der Waals surface area contributed by atoms with E-state index in [9.17, 15) is 0 Å². The van der Waals surface area contributed by atoms with Gasteiger partial charge in [0.05, 0.1) is 16.6 Å². The highest BCUT2D eigenvalue weighted by Crippen LogP contribution is 2.44. The molecular formula is C60H40N2. The third-order valence-corrected chi connectivity index (χ3v) is 12.6. The fraction of sp³-hybridized carbons (Fsp3) is 0. The van der Waals surface area contributed by atoms with Gasteiger partial charge in [0, 0.05) is 28.0 Å². The Morgan fingerprint density at radius 1 is 0.258 bits per heavy atom. The molecule has 2 nitrogen and oxygen atoms in total. The molecular weight excluding hydrogens is 749 g/mol. The molecule has 0 bridgehead atoms. The van der Waals surface area contributed by atoms with Gasteiger partial charge in [-0.3, -0.25) is 0 Å². The van der Waals surface area contributed by atoms with Crippen LogP contribution >= 0.6 is 0 Å². The molecule has 2 heteroatoms. The van der Waals surface area contributed by atoms with Crippen LogP contribution < -0.4 is 4.90 Å². The summed E-state index contributed by atoms with van der Waals surface area (Å²) in [5.74, 6) is 0. The van der Waals surface area contributed by atoms with E-state index in [2.05, 4.69) is 252 Å². The van der Waals surface area contributed by atoms with Crippen LogP contribution in [0.3, 0.4) is 0 Å². The summed E-state index contributed by atoms with van der Waals surface area (Å²) >= 11 is 0. The summed E-state index contributed by atoms with van der Waals surface area (Å²) in [6.07, 6.45) is 0. The van der Waals surface area contributed by atoms with E-state index < -0.39 is 0 Å². The minimum Gasteiger partial charge on any atom is -0.311 e. The molecule has 0 aliphatic rings. The molecule has 0 aliphatic carbocycles. The summed E-state index contributed by atoms with van der Waals surface area (Å²) < 4.78 is 2.44. The van der Waals surface area contributed by atoms with Crippen LogP contribution in [-0.2, 0) is 0 Å². The Kier molecular flexibility index (Phi) is 8.53. The fourth-order valence-corrected chi connectivity index (χ4v) is 9.69. The Morgan fingerprint density at radius 3 is 1.27 bits per heavy atom. The molecule has 0 spiro atoms. The summed E-state index contributed by atoms with van der Waals surface area (Å²) in [6.45, 7) is 0. The van der Waals surface area contributed by atoms with Crippen LogP contribution in [0.5, 0.6) is 0 Å². The summed E-state index contributed by atoms with van der Waals surface area (Å²) in [4.78, 5) is 2.37. The van der Waals surface area contributed by atoms with Gasteiger partial charge in [-0.05, 0) is 120 Å². The van der Waals surface area contributed by atoms with Gasteiger partial charge in [-0.2, -0.15) is 0 Å². The molecule has 2 heterocycles. The van der Waals surface area contributed by atoms with E-state index in [0.717, 1.165) is 17.1 Å². The molecule has 12 aromatic rings. The van der Waals surface area contributed by atoms with E-state index in [0.29, 0.717) is 0 Å². The number of pyridine rings is 1. The van der Waals surface area contributed by atoms with Crippen molar-refractivity contribution in [3.8, 4) is 44.5 Å². The largest absolute Gasteiger partial charge is 0.311 e. The van der Waals surface area contributed by atoms with E-state index >= 15 is 0 Å². The lowest BCUT2D eigenvalue weighted by Gasteiger charge is -2.26. The maximum absolute atomic E-state index is 2.44. The first kappa shape index (κ1) is 35.7. The monoisotopic (exact) mass is 788 g/mol. The minimum absolute atomic E-state index is 1.09. The van der Waals surface area contributed by atoms with E-state index in [1.54, 1.807) is 0 Å². The highest BCUT2D eigenvalue weighted by Gasteiger charge is 2.20. The van der Waals surface area contributed by atoms with Crippen molar-refractivity contribution in [2.45, 2.75) is 0 Å². The van der Waals surface area contributed by atoms with E-state index in [1.807, 2.05) is 0 Å². The maximum atomic E-state index is 2.44. The predicted molar refractivity (Wildman–Crippen MR) is 264 cm³/mol. The van der Waals surface area contributed by atoms with Crippen LogP contribution in [0.25, 0.3) is 93.4 Å². The molecule has 0 amide bonds. The smallest absolute Gasteiger partial charge is 0.0547 e. The van der Waals surface area contributed by atoms with Crippen LogP contribution in [0.1, 0.15) is 0 Å². The zero-order valence-electron chi connectivity index (χ0n) is 34.0. The lowest BCUT2D eigenvalue weighted by molar-refractivity contribution is 1.28. The molecule has 0 radical (unpaired) electrons. The Morgan fingerprint density at radius 2 is 0.694 bits per heavy atom. The van der Waals surface area contributed by atoms with Gasteiger partial charge in [-0.1, -0.05) is 188 Å². The van der Waals surface area contributed by atoms with E-state index in [1.165, 1.54) is 93.4 Å². The third kappa shape index (κ3) is 5.96. The van der Waals surface area contributed by atoms with Gasteiger partial charge in [0.2, 0.25) is 0 Å². The molecule has 0 atom stereocenters. The lowest BCUT2D eigenvalue weighted by atomic mass is 9.95. The topological polar surface area (TPSA) is 7.65 Å². The zero-order valence-corrected chi connectivity index (χ0v) is 34.0. The number of anilines is 3. The van der Waals surface area contributed by atoms with E-state index in [-0.39, 0.29) is 0 Å². The number of hydrogen-bond donors (Lipinski definition) is 0. The first-order valence-corrected chi connectivity index (χ1v) is 21.3. The quantitative estimate of drug-likeness (QED) is 0.156. The first-order chi connectivity index (χ1) is 30.8. The third-order valence-electron chi connectivity index (χ3n) is 12.6. The number of rotatable bonds is 7. The maximum Gasteiger partial charge on any atom is 0.0547 e. The second-order valence-electron chi connectivity index (χ2n) is 16.1. The standard InChI is InChI=1S/C60H40N2/c1-2-16-47(17-3-1)59-58-40-33-46-15-6-9-25-56(46)62(58)57-26-12-24-55(60(57)59)45-31-38-50(39-32-45)61(48-34-27-43(28-35-48)53-22-10-18-41-13-4-7-20-51(41)53)49-36-29-44(30-37-49)54-23-11-19-42-14-5-8-21-52(42)54/h1-40H.